The van der Waals surface area contributed by atoms with E-state index in [0.717, 1.165) is 27.2 Å². The average molecular weight is 351 g/mol. The first-order chi connectivity index (χ1) is 10.2. The van der Waals surface area contributed by atoms with E-state index in [9.17, 15) is 0 Å². The topological polar surface area (TPSA) is 56.5 Å². The van der Waals surface area contributed by atoms with E-state index in [1.54, 1.807) is 14.2 Å². The second-order valence-corrected chi connectivity index (χ2v) is 5.46. The Morgan fingerprint density at radius 2 is 1.81 bits per heavy atom. The van der Waals surface area contributed by atoms with Gasteiger partial charge < -0.3 is 20.5 Å². The standard InChI is InChI=1S/C16H19BrN2O2/c1-20-13-6-4-12(5-7-13)19-15(10-18)14-9-11(17)3-8-16(14)21-2/h3-9,15,19H,10,18H2,1-2H3. The lowest BCUT2D eigenvalue weighted by Crippen LogP contribution is -2.21. The summed E-state index contributed by atoms with van der Waals surface area (Å²) in [5.41, 5.74) is 7.92. The van der Waals surface area contributed by atoms with Crippen molar-refractivity contribution in [2.75, 3.05) is 26.1 Å². The van der Waals surface area contributed by atoms with Crippen molar-refractivity contribution >= 4 is 21.6 Å². The Balaban J connectivity index is 2.24. The van der Waals surface area contributed by atoms with Crippen LogP contribution < -0.4 is 20.5 Å². The lowest BCUT2D eigenvalue weighted by atomic mass is 10.1. The highest BCUT2D eigenvalue weighted by atomic mass is 79.9. The molecule has 5 heteroatoms. The molecule has 0 saturated carbocycles. The van der Waals surface area contributed by atoms with Gasteiger partial charge in [0.15, 0.2) is 0 Å². The van der Waals surface area contributed by atoms with Crippen molar-refractivity contribution in [2.24, 2.45) is 5.73 Å². The second-order valence-electron chi connectivity index (χ2n) is 4.55. The van der Waals surface area contributed by atoms with Crippen molar-refractivity contribution in [2.45, 2.75) is 6.04 Å². The van der Waals surface area contributed by atoms with Crippen molar-refractivity contribution in [3.63, 3.8) is 0 Å². The van der Waals surface area contributed by atoms with Crippen LogP contribution in [0.15, 0.2) is 46.9 Å². The molecule has 0 heterocycles. The minimum Gasteiger partial charge on any atom is -0.497 e. The van der Waals surface area contributed by atoms with E-state index in [-0.39, 0.29) is 6.04 Å². The van der Waals surface area contributed by atoms with Gasteiger partial charge in [0.2, 0.25) is 0 Å². The first-order valence-corrected chi connectivity index (χ1v) is 7.41. The monoisotopic (exact) mass is 350 g/mol. The lowest BCUT2D eigenvalue weighted by molar-refractivity contribution is 0.407. The SMILES string of the molecule is COc1ccc(NC(CN)c2cc(Br)ccc2OC)cc1. The molecule has 0 spiro atoms. The van der Waals surface area contributed by atoms with Crippen molar-refractivity contribution in [3.8, 4) is 11.5 Å². The number of nitrogens with one attached hydrogen (secondary N) is 1. The van der Waals surface area contributed by atoms with E-state index in [1.165, 1.54) is 0 Å². The van der Waals surface area contributed by atoms with E-state index < -0.39 is 0 Å². The number of benzene rings is 2. The van der Waals surface area contributed by atoms with Crippen LogP contribution in [0.3, 0.4) is 0 Å². The molecule has 0 aliphatic rings. The molecule has 2 aromatic carbocycles. The molecular formula is C16H19BrN2O2. The maximum absolute atomic E-state index is 5.92. The Kier molecular flexibility index (Phi) is 5.47. The molecule has 2 aromatic rings. The molecule has 112 valence electrons. The van der Waals surface area contributed by atoms with Gasteiger partial charge in [-0.15, -0.1) is 0 Å². The largest absolute Gasteiger partial charge is 0.497 e. The number of anilines is 1. The van der Waals surface area contributed by atoms with E-state index >= 15 is 0 Å². The minimum absolute atomic E-state index is 0.0363. The molecule has 1 unspecified atom stereocenters. The van der Waals surface area contributed by atoms with Gasteiger partial charge in [-0.05, 0) is 42.5 Å². The molecular weight excluding hydrogens is 332 g/mol. The predicted molar refractivity (Wildman–Crippen MR) is 89.1 cm³/mol. The molecule has 0 saturated heterocycles. The summed E-state index contributed by atoms with van der Waals surface area (Å²) in [4.78, 5) is 0. The number of hydrogen-bond donors (Lipinski definition) is 2. The van der Waals surface area contributed by atoms with Crippen molar-refractivity contribution < 1.29 is 9.47 Å². The molecule has 2 rings (SSSR count). The Hall–Kier alpha value is -1.72. The number of nitrogens with two attached hydrogens (primary N) is 1. The minimum atomic E-state index is -0.0363. The molecule has 0 bridgehead atoms. The van der Waals surface area contributed by atoms with Gasteiger partial charge in [0, 0.05) is 22.3 Å². The quantitative estimate of drug-likeness (QED) is 0.835. The van der Waals surface area contributed by atoms with E-state index in [1.807, 2.05) is 42.5 Å². The summed E-state index contributed by atoms with van der Waals surface area (Å²) in [5, 5.41) is 3.42. The molecule has 0 radical (unpaired) electrons. The van der Waals surface area contributed by atoms with Gasteiger partial charge in [-0.25, -0.2) is 0 Å². The maximum Gasteiger partial charge on any atom is 0.124 e. The van der Waals surface area contributed by atoms with Gasteiger partial charge in [0.1, 0.15) is 11.5 Å². The number of rotatable bonds is 6. The Morgan fingerprint density at radius 1 is 1.10 bits per heavy atom. The van der Waals surface area contributed by atoms with Crippen LogP contribution in [0.4, 0.5) is 5.69 Å². The van der Waals surface area contributed by atoms with Crippen molar-refractivity contribution in [3.05, 3.63) is 52.5 Å². The highest BCUT2D eigenvalue weighted by Gasteiger charge is 2.15. The third-order valence-corrected chi connectivity index (χ3v) is 3.73. The van der Waals surface area contributed by atoms with Crippen LogP contribution in [0, 0.1) is 0 Å². The van der Waals surface area contributed by atoms with Gasteiger partial charge in [-0.2, -0.15) is 0 Å². The first-order valence-electron chi connectivity index (χ1n) is 6.62. The summed E-state index contributed by atoms with van der Waals surface area (Å²) in [7, 11) is 3.31. The van der Waals surface area contributed by atoms with Crippen molar-refractivity contribution in [1.82, 2.24) is 0 Å². The highest BCUT2D eigenvalue weighted by molar-refractivity contribution is 9.10. The molecule has 1 atom stereocenters. The third kappa shape index (κ3) is 3.89. The summed E-state index contributed by atoms with van der Waals surface area (Å²) >= 11 is 3.49. The maximum atomic E-state index is 5.92. The molecule has 21 heavy (non-hydrogen) atoms. The smallest absolute Gasteiger partial charge is 0.124 e. The molecule has 0 fully saturated rings. The lowest BCUT2D eigenvalue weighted by Gasteiger charge is -2.21. The van der Waals surface area contributed by atoms with Crippen LogP contribution >= 0.6 is 15.9 Å². The van der Waals surface area contributed by atoms with Gasteiger partial charge in [-0.3, -0.25) is 0 Å². The summed E-state index contributed by atoms with van der Waals surface area (Å²) in [5.74, 6) is 1.64. The van der Waals surface area contributed by atoms with Crippen LogP contribution in [0.5, 0.6) is 11.5 Å². The average Bonchev–Trinajstić information content (AvgIpc) is 2.53. The van der Waals surface area contributed by atoms with Crippen LogP contribution in [0.2, 0.25) is 0 Å². The zero-order chi connectivity index (χ0) is 15.2. The summed E-state index contributed by atoms with van der Waals surface area (Å²) in [6, 6.07) is 13.6. The number of methoxy groups -OCH3 is 2. The fraction of sp³-hybridized carbons (Fsp3) is 0.250. The Bertz CT molecular complexity index is 587. The van der Waals surface area contributed by atoms with Gasteiger partial charge in [0.05, 0.1) is 20.3 Å². The Morgan fingerprint density at radius 3 is 2.38 bits per heavy atom. The molecule has 3 N–H and O–H groups in total. The second kappa shape index (κ2) is 7.33. The van der Waals surface area contributed by atoms with Gasteiger partial charge >= 0.3 is 0 Å². The molecule has 4 nitrogen and oxygen atoms in total. The predicted octanol–water partition coefficient (Wildman–Crippen LogP) is 3.58. The fourth-order valence-electron chi connectivity index (χ4n) is 2.13. The van der Waals surface area contributed by atoms with E-state index in [4.69, 9.17) is 15.2 Å². The van der Waals surface area contributed by atoms with E-state index in [2.05, 4.69) is 21.2 Å². The molecule has 0 amide bonds. The van der Waals surface area contributed by atoms with Crippen LogP contribution in [0.1, 0.15) is 11.6 Å². The fourth-order valence-corrected chi connectivity index (χ4v) is 2.51. The molecule has 0 aliphatic carbocycles. The van der Waals surface area contributed by atoms with Crippen LogP contribution in [-0.4, -0.2) is 20.8 Å². The van der Waals surface area contributed by atoms with E-state index in [0.29, 0.717) is 6.54 Å². The molecule has 0 aromatic heterocycles. The number of ether oxygens (including phenoxy) is 2. The normalized spacial score (nSPS) is 11.8. The van der Waals surface area contributed by atoms with Gasteiger partial charge in [-0.1, -0.05) is 15.9 Å². The summed E-state index contributed by atoms with van der Waals surface area (Å²) < 4.78 is 11.6. The zero-order valence-electron chi connectivity index (χ0n) is 12.1. The number of hydrogen-bond acceptors (Lipinski definition) is 4. The summed E-state index contributed by atoms with van der Waals surface area (Å²) in [6.07, 6.45) is 0. The Labute approximate surface area is 133 Å². The zero-order valence-corrected chi connectivity index (χ0v) is 13.7. The molecule has 0 aliphatic heterocycles. The first kappa shape index (κ1) is 15.7. The summed E-state index contributed by atoms with van der Waals surface area (Å²) in [6.45, 7) is 0.457. The van der Waals surface area contributed by atoms with Crippen LogP contribution in [-0.2, 0) is 0 Å². The van der Waals surface area contributed by atoms with Gasteiger partial charge in [0.25, 0.3) is 0 Å². The highest BCUT2D eigenvalue weighted by Crippen LogP contribution is 2.30. The van der Waals surface area contributed by atoms with Crippen LogP contribution in [0.25, 0.3) is 0 Å². The third-order valence-electron chi connectivity index (χ3n) is 3.23. The van der Waals surface area contributed by atoms with Crippen molar-refractivity contribution in [1.29, 1.82) is 0 Å². The number of halogens is 1.